The molecule has 2 heterocycles. The predicted molar refractivity (Wildman–Crippen MR) is 149 cm³/mol. The van der Waals surface area contributed by atoms with Gasteiger partial charge < -0.3 is 19.2 Å². The Labute approximate surface area is 225 Å². The van der Waals surface area contributed by atoms with Crippen LogP contribution in [-0.4, -0.2) is 58.4 Å². The molecule has 2 aliphatic rings. The molecule has 0 amide bonds. The molecule has 38 heavy (non-hydrogen) atoms. The van der Waals surface area contributed by atoms with Crippen molar-refractivity contribution in [1.29, 1.82) is 0 Å². The van der Waals surface area contributed by atoms with Crippen LogP contribution in [0.5, 0.6) is 11.5 Å². The van der Waals surface area contributed by atoms with Crippen molar-refractivity contribution in [3.05, 3.63) is 72.3 Å². The second-order valence-electron chi connectivity index (χ2n) is 10.2. The lowest BCUT2D eigenvalue weighted by Crippen LogP contribution is -2.31. The third-order valence-corrected chi connectivity index (χ3v) is 9.35. The molecule has 0 aromatic heterocycles. The van der Waals surface area contributed by atoms with Crippen molar-refractivity contribution in [2.45, 2.75) is 37.2 Å². The molecule has 7 nitrogen and oxygen atoms in total. The fourth-order valence-electron chi connectivity index (χ4n) is 5.63. The van der Waals surface area contributed by atoms with Crippen molar-refractivity contribution in [3.8, 4) is 22.6 Å². The number of hydrogen-bond acceptors (Lipinski definition) is 6. The highest BCUT2D eigenvalue weighted by Gasteiger charge is 2.41. The van der Waals surface area contributed by atoms with Crippen LogP contribution in [0.25, 0.3) is 11.1 Å². The number of fused-ring (bicyclic) bond motifs is 1. The largest absolute Gasteiger partial charge is 0.497 e. The van der Waals surface area contributed by atoms with Gasteiger partial charge in [-0.15, -0.1) is 0 Å². The van der Waals surface area contributed by atoms with E-state index < -0.39 is 10.0 Å². The topological polar surface area (TPSA) is 76.2 Å². The molecule has 3 aromatic carbocycles. The van der Waals surface area contributed by atoms with Gasteiger partial charge in [0.1, 0.15) is 17.8 Å². The van der Waals surface area contributed by atoms with Crippen LogP contribution in [0.2, 0.25) is 0 Å². The highest BCUT2D eigenvalue weighted by atomic mass is 32.2. The Bertz CT molecular complexity index is 1400. The van der Waals surface area contributed by atoms with Gasteiger partial charge in [-0.05, 0) is 85.3 Å². The molecule has 1 fully saturated rings. The first-order valence-corrected chi connectivity index (χ1v) is 14.5. The highest BCUT2D eigenvalue weighted by Crippen LogP contribution is 2.45. The molecule has 0 spiro atoms. The molecular weight excluding hydrogens is 500 g/mol. The number of sulfonamides is 1. The normalized spacial score (nSPS) is 19.5. The summed E-state index contributed by atoms with van der Waals surface area (Å²) in [6.07, 6.45) is 1.74. The molecule has 5 rings (SSSR count). The molecule has 3 aromatic rings. The Balaban J connectivity index is 1.36. The molecule has 0 bridgehead atoms. The lowest BCUT2D eigenvalue weighted by molar-refractivity contribution is -0.106. The monoisotopic (exact) mass is 534 g/mol. The fraction of sp³-hybridized carbons (Fsp3) is 0.367. The molecule has 2 atom stereocenters. The summed E-state index contributed by atoms with van der Waals surface area (Å²) in [4.78, 5) is 13.9. The Morgan fingerprint density at radius 2 is 1.74 bits per heavy atom. The summed E-state index contributed by atoms with van der Waals surface area (Å²) < 4.78 is 39.5. The van der Waals surface area contributed by atoms with Gasteiger partial charge in [0.2, 0.25) is 10.0 Å². The minimum atomic E-state index is -3.60. The minimum Gasteiger partial charge on any atom is -0.497 e. The number of nitrogens with zero attached hydrogens (tertiary/aromatic N) is 2. The zero-order valence-electron chi connectivity index (χ0n) is 22.0. The van der Waals surface area contributed by atoms with Gasteiger partial charge in [0.15, 0.2) is 0 Å². The van der Waals surface area contributed by atoms with E-state index in [1.54, 1.807) is 35.7 Å². The first-order chi connectivity index (χ1) is 18.3. The van der Waals surface area contributed by atoms with Crippen molar-refractivity contribution in [2.24, 2.45) is 5.92 Å². The van der Waals surface area contributed by atoms with E-state index in [1.165, 1.54) is 5.56 Å². The second kappa shape index (κ2) is 10.8. The van der Waals surface area contributed by atoms with Gasteiger partial charge in [0.25, 0.3) is 0 Å². The quantitative estimate of drug-likeness (QED) is 0.361. The van der Waals surface area contributed by atoms with Crippen LogP contribution in [0.3, 0.4) is 0 Å². The van der Waals surface area contributed by atoms with E-state index >= 15 is 0 Å². The Hall–Kier alpha value is -3.36. The number of aldehydes is 1. The number of carbonyl (C=O) groups excluding carboxylic acids is 1. The maximum Gasteiger partial charge on any atom is 0.243 e. The van der Waals surface area contributed by atoms with Crippen molar-refractivity contribution in [3.63, 3.8) is 0 Å². The zero-order chi connectivity index (χ0) is 26.9. The van der Waals surface area contributed by atoms with Crippen LogP contribution in [0.1, 0.15) is 31.7 Å². The first-order valence-electron chi connectivity index (χ1n) is 13.0. The van der Waals surface area contributed by atoms with E-state index in [2.05, 4.69) is 23.1 Å². The Morgan fingerprint density at radius 3 is 2.45 bits per heavy atom. The standard InChI is InChI=1S/C30H34N2O5S/c1-21(2)37-25-8-10-27(11-9-25)38(34,35)32-14-13-24(19-32)29-20-31(15-16-33)30-18-23(7-12-28(29)30)22-5-4-6-26(17-22)36-3/h4-12,16-18,21,24,29H,13-15,19-20H2,1-3H3. The van der Waals surface area contributed by atoms with E-state index in [-0.39, 0.29) is 22.8 Å². The molecule has 1 saturated heterocycles. The maximum atomic E-state index is 13.4. The third-order valence-electron chi connectivity index (χ3n) is 7.48. The maximum absolute atomic E-state index is 13.4. The summed E-state index contributed by atoms with van der Waals surface area (Å²) in [6, 6.07) is 21.0. The van der Waals surface area contributed by atoms with Crippen LogP contribution in [0.4, 0.5) is 5.69 Å². The number of carbonyl (C=O) groups is 1. The summed E-state index contributed by atoms with van der Waals surface area (Å²) in [5.41, 5.74) is 4.33. The van der Waals surface area contributed by atoms with E-state index in [1.807, 2.05) is 38.1 Å². The molecule has 200 valence electrons. The number of benzene rings is 3. The third kappa shape index (κ3) is 5.15. The van der Waals surface area contributed by atoms with Gasteiger partial charge in [-0.2, -0.15) is 4.31 Å². The summed E-state index contributed by atoms with van der Waals surface area (Å²) >= 11 is 0. The SMILES string of the molecule is COc1cccc(-c2ccc3c(c2)N(CC=O)CC3C2CCN(S(=O)(=O)c3ccc(OC(C)C)cc3)C2)c1. The van der Waals surface area contributed by atoms with Crippen molar-refractivity contribution in [1.82, 2.24) is 4.31 Å². The molecule has 0 N–H and O–H groups in total. The predicted octanol–water partition coefficient (Wildman–Crippen LogP) is 4.96. The van der Waals surface area contributed by atoms with E-state index in [0.717, 1.165) is 35.3 Å². The first kappa shape index (κ1) is 26.3. The van der Waals surface area contributed by atoms with Crippen LogP contribution in [-0.2, 0) is 14.8 Å². The lowest BCUT2D eigenvalue weighted by atomic mass is 9.86. The summed E-state index contributed by atoms with van der Waals surface area (Å²) in [6.45, 7) is 5.83. The Kier molecular flexibility index (Phi) is 7.45. The number of methoxy groups -OCH3 is 1. The van der Waals surface area contributed by atoms with Crippen LogP contribution >= 0.6 is 0 Å². The molecular formula is C30H34N2O5S. The number of hydrogen-bond donors (Lipinski definition) is 0. The minimum absolute atomic E-state index is 0.0245. The van der Waals surface area contributed by atoms with Gasteiger partial charge in [-0.25, -0.2) is 8.42 Å². The lowest BCUT2D eigenvalue weighted by Gasteiger charge is -2.21. The fourth-order valence-corrected chi connectivity index (χ4v) is 7.14. The zero-order valence-corrected chi connectivity index (χ0v) is 22.9. The molecule has 0 radical (unpaired) electrons. The average Bonchev–Trinajstić information content (AvgIpc) is 3.55. The summed E-state index contributed by atoms with van der Waals surface area (Å²) in [5, 5.41) is 0. The molecule has 0 aliphatic carbocycles. The van der Waals surface area contributed by atoms with Gasteiger partial charge in [-0.3, -0.25) is 0 Å². The molecule has 8 heteroatoms. The van der Waals surface area contributed by atoms with Gasteiger partial charge in [-0.1, -0.05) is 24.3 Å². The van der Waals surface area contributed by atoms with Crippen molar-refractivity contribution >= 4 is 22.0 Å². The van der Waals surface area contributed by atoms with Gasteiger partial charge in [0, 0.05) is 31.2 Å². The number of ether oxygens (including phenoxy) is 2. The van der Waals surface area contributed by atoms with Gasteiger partial charge >= 0.3 is 0 Å². The van der Waals surface area contributed by atoms with E-state index in [0.29, 0.717) is 31.9 Å². The van der Waals surface area contributed by atoms with Crippen molar-refractivity contribution in [2.75, 3.05) is 38.2 Å². The Morgan fingerprint density at radius 1 is 0.974 bits per heavy atom. The highest BCUT2D eigenvalue weighted by molar-refractivity contribution is 7.89. The van der Waals surface area contributed by atoms with Crippen molar-refractivity contribution < 1.29 is 22.7 Å². The van der Waals surface area contributed by atoms with E-state index in [4.69, 9.17) is 9.47 Å². The van der Waals surface area contributed by atoms with E-state index in [9.17, 15) is 13.2 Å². The molecule has 2 aliphatic heterocycles. The smallest absolute Gasteiger partial charge is 0.243 e. The molecule has 2 unspecified atom stereocenters. The average molecular weight is 535 g/mol. The van der Waals surface area contributed by atoms with Crippen LogP contribution in [0, 0.1) is 5.92 Å². The summed E-state index contributed by atoms with van der Waals surface area (Å²) in [5.74, 6) is 1.78. The number of rotatable bonds is 9. The van der Waals surface area contributed by atoms with Crippen LogP contribution in [0.15, 0.2) is 71.6 Å². The second-order valence-corrected chi connectivity index (χ2v) is 12.2. The van der Waals surface area contributed by atoms with Gasteiger partial charge in [0.05, 0.1) is 24.7 Å². The summed E-state index contributed by atoms with van der Waals surface area (Å²) in [7, 11) is -1.95. The number of anilines is 1. The van der Waals surface area contributed by atoms with Crippen LogP contribution < -0.4 is 14.4 Å². The molecule has 0 saturated carbocycles.